The molecule has 0 atom stereocenters. The second kappa shape index (κ2) is 14.3. The second-order valence-corrected chi connectivity index (χ2v) is 11.2. The highest BCUT2D eigenvalue weighted by Gasteiger charge is 2.36. The molecule has 1 aliphatic heterocycles. The van der Waals surface area contributed by atoms with E-state index in [1.54, 1.807) is 24.3 Å². The Balaban J connectivity index is 1.37. The van der Waals surface area contributed by atoms with Crippen LogP contribution in [0.1, 0.15) is 41.3 Å². The van der Waals surface area contributed by atoms with E-state index < -0.39 is 29.6 Å². The molecule has 1 heterocycles. The van der Waals surface area contributed by atoms with Crippen LogP contribution >= 0.6 is 39.3 Å². The van der Waals surface area contributed by atoms with Crippen molar-refractivity contribution in [3.8, 4) is 5.75 Å². The molecular formula is C30H26BrClN2O6S. The lowest BCUT2D eigenvalue weighted by Crippen LogP contribution is -2.36. The van der Waals surface area contributed by atoms with E-state index >= 15 is 0 Å². The standard InChI is InChI=1S/C30H26BrClN2O6S/c1-2-3-13-39-29(37)22-16-21(10-11-24(22)32)33-27(35)17-34-28(36)26(41-30(34)38)15-20-9-12-25(23(31)14-20)40-18-19-7-5-4-6-8-19/h4-12,14-16H,2-3,13,17-18H2,1H3,(H,33,35)/b26-15+. The summed E-state index contributed by atoms with van der Waals surface area (Å²) in [6.07, 6.45) is 3.18. The number of carbonyl (C=O) groups is 4. The maximum absolute atomic E-state index is 13.0. The molecule has 3 amide bonds. The molecule has 1 N–H and O–H groups in total. The van der Waals surface area contributed by atoms with E-state index in [-0.39, 0.29) is 27.8 Å². The van der Waals surface area contributed by atoms with Gasteiger partial charge in [0.05, 0.1) is 26.6 Å². The number of thioether (sulfide) groups is 1. The number of hydrogen-bond acceptors (Lipinski definition) is 7. The molecule has 0 spiro atoms. The zero-order valence-electron chi connectivity index (χ0n) is 22.0. The molecule has 41 heavy (non-hydrogen) atoms. The Morgan fingerprint density at radius 2 is 1.85 bits per heavy atom. The summed E-state index contributed by atoms with van der Waals surface area (Å²) in [7, 11) is 0. The first-order valence-corrected chi connectivity index (χ1v) is 14.7. The van der Waals surface area contributed by atoms with E-state index in [0.717, 1.165) is 35.1 Å². The minimum absolute atomic E-state index is 0.109. The topological polar surface area (TPSA) is 102 Å². The number of nitrogens with one attached hydrogen (secondary N) is 1. The van der Waals surface area contributed by atoms with E-state index in [0.29, 0.717) is 22.4 Å². The van der Waals surface area contributed by atoms with Crippen LogP contribution in [0.2, 0.25) is 5.02 Å². The lowest BCUT2D eigenvalue weighted by molar-refractivity contribution is -0.127. The van der Waals surface area contributed by atoms with E-state index in [4.69, 9.17) is 21.1 Å². The van der Waals surface area contributed by atoms with Gasteiger partial charge in [0.15, 0.2) is 0 Å². The first kappa shape index (κ1) is 30.4. The number of benzene rings is 3. The molecule has 0 saturated carbocycles. The molecule has 0 unspecified atom stereocenters. The summed E-state index contributed by atoms with van der Waals surface area (Å²) in [5.41, 5.74) is 2.10. The highest BCUT2D eigenvalue weighted by atomic mass is 79.9. The minimum atomic E-state index is -0.608. The average molecular weight is 658 g/mol. The number of anilines is 1. The van der Waals surface area contributed by atoms with Gasteiger partial charge in [0.1, 0.15) is 18.9 Å². The van der Waals surface area contributed by atoms with E-state index in [2.05, 4.69) is 21.2 Å². The number of hydrogen-bond donors (Lipinski definition) is 1. The second-order valence-electron chi connectivity index (χ2n) is 8.96. The predicted octanol–water partition coefficient (Wildman–Crippen LogP) is 7.31. The van der Waals surface area contributed by atoms with Gasteiger partial charge < -0.3 is 14.8 Å². The molecule has 1 saturated heterocycles. The normalized spacial score (nSPS) is 13.9. The number of halogens is 2. The van der Waals surface area contributed by atoms with Gasteiger partial charge in [0.2, 0.25) is 5.91 Å². The van der Waals surface area contributed by atoms with E-state index in [1.807, 2.05) is 37.3 Å². The van der Waals surface area contributed by atoms with Crippen molar-refractivity contribution in [3.63, 3.8) is 0 Å². The summed E-state index contributed by atoms with van der Waals surface area (Å²) < 4.78 is 11.8. The van der Waals surface area contributed by atoms with Gasteiger partial charge in [-0.3, -0.25) is 19.3 Å². The van der Waals surface area contributed by atoms with Crippen LogP contribution in [0.15, 0.2) is 76.1 Å². The lowest BCUT2D eigenvalue weighted by Gasteiger charge is -2.13. The first-order chi connectivity index (χ1) is 19.7. The smallest absolute Gasteiger partial charge is 0.339 e. The summed E-state index contributed by atoms with van der Waals surface area (Å²) in [6.45, 7) is 2.15. The number of nitrogens with zero attached hydrogens (tertiary/aromatic N) is 1. The van der Waals surface area contributed by atoms with Gasteiger partial charge in [-0.05, 0) is 81.6 Å². The number of amides is 3. The van der Waals surface area contributed by atoms with Gasteiger partial charge in [-0.25, -0.2) is 4.79 Å². The van der Waals surface area contributed by atoms with Gasteiger partial charge in [0.25, 0.3) is 11.1 Å². The molecule has 0 aromatic heterocycles. The Hall–Kier alpha value is -3.60. The molecule has 11 heteroatoms. The van der Waals surface area contributed by atoms with Crippen molar-refractivity contribution in [1.82, 2.24) is 4.90 Å². The van der Waals surface area contributed by atoms with Crippen LogP contribution < -0.4 is 10.1 Å². The number of esters is 1. The molecule has 3 aromatic rings. The molecule has 0 bridgehead atoms. The van der Waals surface area contributed by atoms with Crippen LogP contribution in [-0.2, 0) is 20.9 Å². The predicted molar refractivity (Wildman–Crippen MR) is 163 cm³/mol. The fourth-order valence-corrected chi connectivity index (χ4v) is 5.28. The summed E-state index contributed by atoms with van der Waals surface area (Å²) >= 11 is 10.4. The number of ether oxygens (including phenoxy) is 2. The fourth-order valence-electron chi connectivity index (χ4n) is 3.74. The number of imide groups is 1. The third kappa shape index (κ3) is 8.22. The quantitative estimate of drug-likeness (QED) is 0.131. The molecule has 4 rings (SSSR count). The van der Waals surface area contributed by atoms with Gasteiger partial charge in [-0.2, -0.15) is 0 Å². The van der Waals surface area contributed by atoms with Crippen molar-refractivity contribution in [2.24, 2.45) is 0 Å². The summed E-state index contributed by atoms with van der Waals surface area (Å²) in [5.74, 6) is -1.15. The van der Waals surface area contributed by atoms with Crippen LogP contribution in [0.3, 0.4) is 0 Å². The maximum Gasteiger partial charge on any atom is 0.339 e. The van der Waals surface area contributed by atoms with Gasteiger partial charge in [0, 0.05) is 5.69 Å². The van der Waals surface area contributed by atoms with Crippen molar-refractivity contribution in [3.05, 3.63) is 97.8 Å². The van der Waals surface area contributed by atoms with Crippen molar-refractivity contribution >= 4 is 74.1 Å². The average Bonchev–Trinajstić information content (AvgIpc) is 3.21. The third-order valence-corrected chi connectivity index (χ3v) is 7.72. The molecule has 3 aromatic carbocycles. The Bertz CT molecular complexity index is 1500. The number of unbranched alkanes of at least 4 members (excludes halogenated alkanes) is 1. The Morgan fingerprint density at radius 3 is 2.59 bits per heavy atom. The summed E-state index contributed by atoms with van der Waals surface area (Å²) in [5, 5.41) is 2.22. The zero-order chi connectivity index (χ0) is 29.4. The van der Waals surface area contributed by atoms with E-state index in [9.17, 15) is 19.2 Å². The molecule has 1 aliphatic rings. The summed E-state index contributed by atoms with van der Waals surface area (Å²) in [4.78, 5) is 51.6. The van der Waals surface area contributed by atoms with E-state index in [1.165, 1.54) is 18.2 Å². The van der Waals surface area contributed by atoms with Crippen LogP contribution in [0.5, 0.6) is 5.75 Å². The molecule has 8 nitrogen and oxygen atoms in total. The molecule has 0 aliphatic carbocycles. The highest BCUT2D eigenvalue weighted by Crippen LogP contribution is 2.34. The zero-order valence-corrected chi connectivity index (χ0v) is 25.2. The van der Waals surface area contributed by atoms with Gasteiger partial charge in [-0.15, -0.1) is 0 Å². The highest BCUT2D eigenvalue weighted by molar-refractivity contribution is 9.10. The van der Waals surface area contributed by atoms with Gasteiger partial charge >= 0.3 is 5.97 Å². The summed E-state index contributed by atoms with van der Waals surface area (Å²) in [6, 6.07) is 19.5. The van der Waals surface area contributed by atoms with Crippen LogP contribution in [-0.4, -0.2) is 41.1 Å². The lowest BCUT2D eigenvalue weighted by atomic mass is 10.2. The third-order valence-electron chi connectivity index (χ3n) is 5.87. The van der Waals surface area contributed by atoms with Crippen molar-refractivity contribution in [2.75, 3.05) is 18.5 Å². The Morgan fingerprint density at radius 1 is 1.07 bits per heavy atom. The molecule has 0 radical (unpaired) electrons. The van der Waals surface area contributed by atoms with Crippen molar-refractivity contribution < 1.29 is 28.7 Å². The monoisotopic (exact) mass is 656 g/mol. The van der Waals surface area contributed by atoms with Crippen molar-refractivity contribution in [2.45, 2.75) is 26.4 Å². The molecular weight excluding hydrogens is 632 g/mol. The maximum atomic E-state index is 13.0. The Kier molecular flexibility index (Phi) is 10.6. The number of rotatable bonds is 11. The van der Waals surface area contributed by atoms with Crippen LogP contribution in [0.25, 0.3) is 6.08 Å². The largest absolute Gasteiger partial charge is 0.488 e. The first-order valence-electron chi connectivity index (χ1n) is 12.7. The van der Waals surface area contributed by atoms with Crippen molar-refractivity contribution in [1.29, 1.82) is 0 Å². The SMILES string of the molecule is CCCCOC(=O)c1cc(NC(=O)CN2C(=O)S/C(=C/c3ccc(OCc4ccccc4)c(Br)c3)C2=O)ccc1Cl. The molecule has 1 fully saturated rings. The minimum Gasteiger partial charge on any atom is -0.488 e. The number of carbonyl (C=O) groups excluding carboxylic acids is 4. The van der Waals surface area contributed by atoms with Crippen LogP contribution in [0, 0.1) is 0 Å². The molecule has 212 valence electrons. The fraction of sp³-hybridized carbons (Fsp3) is 0.200. The van der Waals surface area contributed by atoms with Gasteiger partial charge in [-0.1, -0.05) is 61.3 Å². The Labute approximate surface area is 255 Å². The van der Waals surface area contributed by atoms with Crippen LogP contribution in [0.4, 0.5) is 10.5 Å².